The van der Waals surface area contributed by atoms with Crippen LogP contribution in [0.5, 0.6) is 11.5 Å². The fourth-order valence-corrected chi connectivity index (χ4v) is 3.60. The molecule has 23 heavy (non-hydrogen) atoms. The summed E-state index contributed by atoms with van der Waals surface area (Å²) in [4.78, 5) is 12.6. The summed E-state index contributed by atoms with van der Waals surface area (Å²) in [7, 11) is 3.17. The van der Waals surface area contributed by atoms with Crippen LogP contribution in [0.3, 0.4) is 0 Å². The van der Waals surface area contributed by atoms with Gasteiger partial charge in [-0.2, -0.15) is 0 Å². The van der Waals surface area contributed by atoms with Crippen LogP contribution in [0.25, 0.3) is 0 Å². The molecule has 0 spiro atoms. The predicted octanol–water partition coefficient (Wildman–Crippen LogP) is 3.89. The molecular formula is C19H29NO3. The zero-order valence-corrected chi connectivity index (χ0v) is 14.9. The smallest absolute Gasteiger partial charge is 0.251 e. The minimum atomic E-state index is -0.0318. The Kier molecular flexibility index (Phi) is 5.91. The third-order valence-electron chi connectivity index (χ3n) is 4.98. The van der Waals surface area contributed by atoms with Crippen LogP contribution in [0.1, 0.15) is 50.4 Å². The lowest BCUT2D eigenvalue weighted by Crippen LogP contribution is -2.45. The third kappa shape index (κ3) is 4.18. The van der Waals surface area contributed by atoms with E-state index < -0.39 is 0 Å². The highest BCUT2D eigenvalue weighted by Crippen LogP contribution is 2.34. The van der Waals surface area contributed by atoms with Crippen molar-refractivity contribution >= 4 is 5.91 Å². The Morgan fingerprint density at radius 3 is 2.48 bits per heavy atom. The zero-order valence-electron chi connectivity index (χ0n) is 14.9. The maximum Gasteiger partial charge on any atom is 0.251 e. The minimum Gasteiger partial charge on any atom is -0.493 e. The van der Waals surface area contributed by atoms with Gasteiger partial charge in [-0.3, -0.25) is 4.79 Å². The van der Waals surface area contributed by atoms with Gasteiger partial charge in [-0.05, 0) is 48.8 Å². The van der Waals surface area contributed by atoms with Crippen molar-refractivity contribution in [1.82, 2.24) is 5.32 Å². The lowest BCUT2D eigenvalue weighted by atomic mass is 9.74. The Labute approximate surface area is 139 Å². The lowest BCUT2D eigenvalue weighted by molar-refractivity contribution is 0.0867. The summed E-state index contributed by atoms with van der Waals surface area (Å²) in [6.07, 6.45) is 3.50. The number of amides is 1. The van der Waals surface area contributed by atoms with Crippen molar-refractivity contribution in [2.45, 2.75) is 46.1 Å². The highest BCUT2D eigenvalue weighted by atomic mass is 16.5. The zero-order chi connectivity index (χ0) is 17.0. The first-order valence-electron chi connectivity index (χ1n) is 8.49. The first-order chi connectivity index (χ1) is 11.0. The van der Waals surface area contributed by atoms with Gasteiger partial charge in [0, 0.05) is 11.6 Å². The maximum absolute atomic E-state index is 12.6. The normalized spacial score (nSPS) is 24.3. The van der Waals surface area contributed by atoms with Crippen molar-refractivity contribution in [3.63, 3.8) is 0 Å². The second-order valence-corrected chi connectivity index (χ2v) is 6.98. The molecule has 1 N–H and O–H groups in total. The molecule has 1 aliphatic carbocycles. The molecule has 4 nitrogen and oxygen atoms in total. The molecule has 1 amide bonds. The van der Waals surface area contributed by atoms with E-state index in [0.717, 1.165) is 6.42 Å². The molecule has 3 atom stereocenters. The molecule has 0 unspecified atom stereocenters. The van der Waals surface area contributed by atoms with E-state index in [1.807, 2.05) is 0 Å². The highest BCUT2D eigenvalue weighted by Gasteiger charge is 2.31. The Morgan fingerprint density at radius 1 is 1.17 bits per heavy atom. The van der Waals surface area contributed by atoms with Gasteiger partial charge >= 0.3 is 0 Å². The van der Waals surface area contributed by atoms with E-state index in [-0.39, 0.29) is 11.9 Å². The van der Waals surface area contributed by atoms with Crippen LogP contribution in [0.2, 0.25) is 0 Å². The summed E-state index contributed by atoms with van der Waals surface area (Å²) in [5.41, 5.74) is 0.614. The van der Waals surface area contributed by atoms with Gasteiger partial charge in [-0.25, -0.2) is 0 Å². The van der Waals surface area contributed by atoms with Gasteiger partial charge in [0.2, 0.25) is 0 Å². The van der Waals surface area contributed by atoms with Crippen molar-refractivity contribution in [2.75, 3.05) is 14.2 Å². The van der Waals surface area contributed by atoms with E-state index in [1.54, 1.807) is 32.4 Å². The number of nitrogens with one attached hydrogen (secondary N) is 1. The minimum absolute atomic E-state index is 0.0318. The number of benzene rings is 1. The van der Waals surface area contributed by atoms with E-state index in [9.17, 15) is 4.79 Å². The molecule has 0 heterocycles. The number of carbonyl (C=O) groups is 1. The predicted molar refractivity (Wildman–Crippen MR) is 92.1 cm³/mol. The monoisotopic (exact) mass is 319 g/mol. The Hall–Kier alpha value is -1.71. The summed E-state index contributed by atoms with van der Waals surface area (Å²) in [6.45, 7) is 6.76. The summed E-state index contributed by atoms with van der Waals surface area (Å²) in [6, 6.07) is 5.55. The average molecular weight is 319 g/mol. The molecule has 0 bridgehead atoms. The SMILES string of the molecule is COc1ccc(C(=O)N[C@@H]2C[C@@H](C)CC[C@@H]2C(C)C)cc1OC. The molecule has 1 aromatic rings. The second kappa shape index (κ2) is 7.71. The molecule has 0 aliphatic heterocycles. The number of hydrogen-bond donors (Lipinski definition) is 1. The first-order valence-corrected chi connectivity index (χ1v) is 8.49. The van der Waals surface area contributed by atoms with Gasteiger partial charge in [0.25, 0.3) is 5.91 Å². The standard InChI is InChI=1S/C19H29NO3/c1-12(2)15-8-6-13(3)10-16(15)20-19(21)14-7-9-17(22-4)18(11-14)23-5/h7,9,11-13,15-16H,6,8,10H2,1-5H3,(H,20,21)/t13-,15+,16+/m0/s1. The molecular weight excluding hydrogens is 290 g/mol. The lowest BCUT2D eigenvalue weighted by Gasteiger charge is -2.37. The van der Waals surface area contributed by atoms with Crippen LogP contribution in [0.4, 0.5) is 0 Å². The van der Waals surface area contributed by atoms with E-state index in [2.05, 4.69) is 26.1 Å². The van der Waals surface area contributed by atoms with Gasteiger partial charge in [-0.15, -0.1) is 0 Å². The molecule has 1 aromatic carbocycles. The molecule has 2 rings (SSSR count). The van der Waals surface area contributed by atoms with Crippen molar-refractivity contribution in [2.24, 2.45) is 17.8 Å². The Bertz CT molecular complexity index is 541. The summed E-state index contributed by atoms with van der Waals surface area (Å²) in [5, 5.41) is 3.25. The average Bonchev–Trinajstić information content (AvgIpc) is 2.53. The highest BCUT2D eigenvalue weighted by molar-refractivity contribution is 5.95. The second-order valence-electron chi connectivity index (χ2n) is 6.98. The van der Waals surface area contributed by atoms with E-state index in [0.29, 0.717) is 34.8 Å². The number of methoxy groups -OCH3 is 2. The van der Waals surface area contributed by atoms with Gasteiger partial charge in [0.1, 0.15) is 0 Å². The van der Waals surface area contributed by atoms with Gasteiger partial charge in [-0.1, -0.05) is 27.2 Å². The Balaban J connectivity index is 2.13. The van der Waals surface area contributed by atoms with E-state index >= 15 is 0 Å². The van der Waals surface area contributed by atoms with Crippen LogP contribution in [0.15, 0.2) is 18.2 Å². The van der Waals surface area contributed by atoms with Crippen LogP contribution in [-0.4, -0.2) is 26.2 Å². The number of ether oxygens (including phenoxy) is 2. The van der Waals surface area contributed by atoms with Crippen molar-refractivity contribution < 1.29 is 14.3 Å². The van der Waals surface area contributed by atoms with Gasteiger partial charge in [0.05, 0.1) is 14.2 Å². The maximum atomic E-state index is 12.6. The van der Waals surface area contributed by atoms with Crippen LogP contribution >= 0.6 is 0 Å². The quantitative estimate of drug-likeness (QED) is 0.895. The van der Waals surface area contributed by atoms with Crippen LogP contribution < -0.4 is 14.8 Å². The molecule has 0 aromatic heterocycles. The van der Waals surface area contributed by atoms with Crippen LogP contribution in [0, 0.1) is 17.8 Å². The van der Waals surface area contributed by atoms with Crippen LogP contribution in [-0.2, 0) is 0 Å². The van der Waals surface area contributed by atoms with Gasteiger partial charge in [0.15, 0.2) is 11.5 Å². The summed E-state index contributed by atoms with van der Waals surface area (Å²) < 4.78 is 10.5. The number of carbonyl (C=O) groups excluding carboxylic acids is 1. The number of hydrogen-bond acceptors (Lipinski definition) is 3. The molecule has 0 radical (unpaired) electrons. The number of rotatable bonds is 5. The van der Waals surface area contributed by atoms with E-state index in [1.165, 1.54) is 12.8 Å². The van der Waals surface area contributed by atoms with Crippen molar-refractivity contribution in [1.29, 1.82) is 0 Å². The molecule has 128 valence electrons. The largest absolute Gasteiger partial charge is 0.493 e. The van der Waals surface area contributed by atoms with E-state index in [4.69, 9.17) is 9.47 Å². The van der Waals surface area contributed by atoms with Crippen molar-refractivity contribution in [3.8, 4) is 11.5 Å². The van der Waals surface area contributed by atoms with Gasteiger partial charge < -0.3 is 14.8 Å². The molecule has 1 saturated carbocycles. The topological polar surface area (TPSA) is 47.6 Å². The summed E-state index contributed by atoms with van der Waals surface area (Å²) in [5.74, 6) is 2.98. The molecule has 1 aliphatic rings. The molecule has 0 saturated heterocycles. The Morgan fingerprint density at radius 2 is 1.87 bits per heavy atom. The molecule has 4 heteroatoms. The fraction of sp³-hybridized carbons (Fsp3) is 0.632. The first kappa shape index (κ1) is 17.6. The summed E-state index contributed by atoms with van der Waals surface area (Å²) >= 11 is 0. The van der Waals surface area contributed by atoms with Crippen molar-refractivity contribution in [3.05, 3.63) is 23.8 Å². The fourth-order valence-electron chi connectivity index (χ4n) is 3.60. The third-order valence-corrected chi connectivity index (χ3v) is 4.98. The molecule has 1 fully saturated rings.